The number of piperidine rings is 1. The fourth-order valence-electron chi connectivity index (χ4n) is 4.12. The molecule has 2 aliphatic rings. The molecule has 0 amide bonds. The van der Waals surface area contributed by atoms with Crippen LogP contribution in [0, 0.1) is 23.1 Å². The van der Waals surface area contributed by atoms with Gasteiger partial charge in [-0.15, -0.1) is 0 Å². The monoisotopic (exact) mass is 423 g/mol. The Morgan fingerprint density at radius 1 is 1.07 bits per heavy atom. The van der Waals surface area contributed by atoms with Crippen molar-refractivity contribution in [2.24, 2.45) is 5.92 Å². The van der Waals surface area contributed by atoms with Crippen LogP contribution in [-0.4, -0.2) is 46.1 Å². The SMILES string of the molecule is N#CC1CCN(c2nccnc2C2CN(c3nc(Cl)c4cccc(F)c4n3)C2)CC1. The van der Waals surface area contributed by atoms with Gasteiger partial charge in [-0.2, -0.15) is 5.26 Å². The Labute approximate surface area is 178 Å². The summed E-state index contributed by atoms with van der Waals surface area (Å²) in [7, 11) is 0. The summed E-state index contributed by atoms with van der Waals surface area (Å²) in [6.07, 6.45) is 5.11. The van der Waals surface area contributed by atoms with Gasteiger partial charge in [0.2, 0.25) is 5.95 Å². The van der Waals surface area contributed by atoms with Gasteiger partial charge in [-0.25, -0.2) is 19.3 Å². The molecule has 9 heteroatoms. The molecule has 0 bridgehead atoms. The Balaban J connectivity index is 1.35. The van der Waals surface area contributed by atoms with Crippen LogP contribution in [0.3, 0.4) is 0 Å². The van der Waals surface area contributed by atoms with E-state index in [1.54, 1.807) is 24.5 Å². The van der Waals surface area contributed by atoms with Gasteiger partial charge in [-0.05, 0) is 25.0 Å². The second-order valence-electron chi connectivity index (χ2n) is 7.71. The first kappa shape index (κ1) is 18.9. The number of aromatic nitrogens is 4. The summed E-state index contributed by atoms with van der Waals surface area (Å²) < 4.78 is 14.2. The highest BCUT2D eigenvalue weighted by molar-refractivity contribution is 6.34. The third kappa shape index (κ3) is 3.29. The van der Waals surface area contributed by atoms with Crippen LogP contribution >= 0.6 is 11.6 Å². The lowest BCUT2D eigenvalue weighted by Crippen LogP contribution is -2.47. The van der Waals surface area contributed by atoms with Crippen molar-refractivity contribution in [2.75, 3.05) is 36.0 Å². The Morgan fingerprint density at radius 3 is 2.60 bits per heavy atom. The number of para-hydroxylation sites is 1. The predicted octanol–water partition coefficient (Wildman–Crippen LogP) is 3.56. The van der Waals surface area contributed by atoms with Gasteiger partial charge in [-0.1, -0.05) is 17.7 Å². The van der Waals surface area contributed by atoms with Gasteiger partial charge < -0.3 is 9.80 Å². The molecule has 3 aromatic rings. The minimum atomic E-state index is -0.410. The molecule has 5 rings (SSSR count). The van der Waals surface area contributed by atoms with Gasteiger partial charge in [0, 0.05) is 55.8 Å². The lowest BCUT2D eigenvalue weighted by Gasteiger charge is -2.40. The highest BCUT2D eigenvalue weighted by Crippen LogP contribution is 2.35. The molecule has 2 saturated heterocycles. The summed E-state index contributed by atoms with van der Waals surface area (Å²) in [5.41, 5.74) is 1.18. The lowest BCUT2D eigenvalue weighted by atomic mass is 9.94. The molecule has 2 aliphatic heterocycles. The molecular formula is C21H19ClFN7. The molecule has 7 nitrogen and oxygen atoms in total. The fraction of sp³-hybridized carbons (Fsp3) is 0.381. The third-order valence-electron chi connectivity index (χ3n) is 5.85. The van der Waals surface area contributed by atoms with E-state index < -0.39 is 5.82 Å². The van der Waals surface area contributed by atoms with Crippen molar-refractivity contribution in [3.8, 4) is 6.07 Å². The molecule has 0 saturated carbocycles. The van der Waals surface area contributed by atoms with Crippen molar-refractivity contribution in [3.63, 3.8) is 0 Å². The van der Waals surface area contributed by atoms with Crippen molar-refractivity contribution >= 4 is 34.3 Å². The lowest BCUT2D eigenvalue weighted by molar-refractivity contribution is 0.472. The minimum Gasteiger partial charge on any atom is -0.355 e. The quantitative estimate of drug-likeness (QED) is 0.595. The minimum absolute atomic E-state index is 0.121. The zero-order valence-electron chi connectivity index (χ0n) is 16.2. The number of nitrogens with zero attached hydrogens (tertiary/aromatic N) is 7. The van der Waals surface area contributed by atoms with Crippen LogP contribution in [0.1, 0.15) is 24.5 Å². The highest BCUT2D eigenvalue weighted by Gasteiger charge is 2.35. The molecule has 4 heterocycles. The maximum atomic E-state index is 14.2. The number of hydrogen-bond acceptors (Lipinski definition) is 7. The van der Waals surface area contributed by atoms with E-state index in [-0.39, 0.29) is 22.5 Å². The Morgan fingerprint density at radius 2 is 1.83 bits per heavy atom. The first-order valence-corrected chi connectivity index (χ1v) is 10.3. The second kappa shape index (κ2) is 7.65. The predicted molar refractivity (Wildman–Crippen MR) is 112 cm³/mol. The number of nitriles is 1. The van der Waals surface area contributed by atoms with E-state index in [0.717, 1.165) is 37.4 Å². The molecule has 0 unspecified atom stereocenters. The Kier molecular flexibility index (Phi) is 4.83. The first-order valence-electron chi connectivity index (χ1n) is 9.96. The van der Waals surface area contributed by atoms with Gasteiger partial charge >= 0.3 is 0 Å². The average molecular weight is 424 g/mol. The van der Waals surface area contributed by atoms with Crippen LogP contribution < -0.4 is 9.80 Å². The smallest absolute Gasteiger partial charge is 0.227 e. The van der Waals surface area contributed by atoms with Gasteiger partial charge in [-0.3, -0.25) is 4.98 Å². The number of halogens is 2. The van der Waals surface area contributed by atoms with Crippen molar-refractivity contribution in [2.45, 2.75) is 18.8 Å². The van der Waals surface area contributed by atoms with Crippen LogP contribution in [0.25, 0.3) is 10.9 Å². The standard InChI is InChI=1S/C21H19ClFN7/c22-19-15-2-1-3-16(23)18(15)27-21(28-19)30-11-14(12-30)17-20(26-7-6-25-17)29-8-4-13(10-24)5-9-29/h1-3,6-7,13-14H,4-5,8-9,11-12H2. The molecule has 152 valence electrons. The van der Waals surface area contributed by atoms with E-state index in [2.05, 4.69) is 30.9 Å². The molecule has 0 N–H and O–H groups in total. The molecule has 0 spiro atoms. The van der Waals surface area contributed by atoms with Gasteiger partial charge in [0.05, 0.1) is 11.8 Å². The Bertz CT molecular complexity index is 1130. The third-order valence-corrected chi connectivity index (χ3v) is 6.14. The molecule has 2 fully saturated rings. The highest BCUT2D eigenvalue weighted by atomic mass is 35.5. The van der Waals surface area contributed by atoms with Crippen LogP contribution in [0.5, 0.6) is 0 Å². The summed E-state index contributed by atoms with van der Waals surface area (Å²) >= 11 is 6.27. The van der Waals surface area contributed by atoms with Crippen molar-refractivity contribution in [3.05, 3.63) is 47.3 Å². The van der Waals surface area contributed by atoms with Gasteiger partial charge in [0.1, 0.15) is 16.5 Å². The van der Waals surface area contributed by atoms with Crippen LogP contribution in [0.15, 0.2) is 30.6 Å². The van der Waals surface area contributed by atoms with E-state index >= 15 is 0 Å². The van der Waals surface area contributed by atoms with E-state index in [0.29, 0.717) is 24.4 Å². The average Bonchev–Trinajstić information content (AvgIpc) is 2.74. The van der Waals surface area contributed by atoms with E-state index in [1.165, 1.54) is 6.07 Å². The van der Waals surface area contributed by atoms with E-state index in [1.807, 2.05) is 4.90 Å². The Hall–Kier alpha value is -3.05. The molecular weight excluding hydrogens is 405 g/mol. The van der Waals surface area contributed by atoms with Crippen molar-refractivity contribution in [1.29, 1.82) is 5.26 Å². The molecule has 30 heavy (non-hydrogen) atoms. The second-order valence-corrected chi connectivity index (χ2v) is 8.07. The maximum Gasteiger partial charge on any atom is 0.227 e. The van der Waals surface area contributed by atoms with E-state index in [4.69, 9.17) is 16.9 Å². The van der Waals surface area contributed by atoms with Gasteiger partial charge in [0.15, 0.2) is 5.82 Å². The van der Waals surface area contributed by atoms with Crippen LogP contribution in [0.4, 0.5) is 16.2 Å². The molecule has 2 aromatic heterocycles. The van der Waals surface area contributed by atoms with Crippen molar-refractivity contribution in [1.82, 2.24) is 19.9 Å². The topological polar surface area (TPSA) is 81.8 Å². The summed E-state index contributed by atoms with van der Waals surface area (Å²) in [5.74, 6) is 1.21. The summed E-state index contributed by atoms with van der Waals surface area (Å²) in [4.78, 5) is 22.1. The number of hydrogen-bond donors (Lipinski definition) is 0. The normalized spacial score (nSPS) is 17.8. The molecule has 0 radical (unpaired) electrons. The molecule has 1 aromatic carbocycles. The zero-order chi connectivity index (χ0) is 20.7. The maximum absolute atomic E-state index is 14.2. The first-order chi connectivity index (χ1) is 14.6. The van der Waals surface area contributed by atoms with Crippen LogP contribution in [-0.2, 0) is 0 Å². The fourth-order valence-corrected chi connectivity index (χ4v) is 4.35. The summed E-state index contributed by atoms with van der Waals surface area (Å²) in [6, 6.07) is 7.04. The van der Waals surface area contributed by atoms with E-state index in [9.17, 15) is 4.39 Å². The largest absolute Gasteiger partial charge is 0.355 e. The molecule has 0 aliphatic carbocycles. The summed E-state index contributed by atoms with van der Waals surface area (Å²) in [5, 5.41) is 9.89. The van der Waals surface area contributed by atoms with Crippen LogP contribution in [0.2, 0.25) is 5.15 Å². The zero-order valence-corrected chi connectivity index (χ0v) is 16.9. The number of fused-ring (bicyclic) bond motifs is 1. The number of rotatable bonds is 3. The summed E-state index contributed by atoms with van der Waals surface area (Å²) in [6.45, 7) is 2.94. The number of anilines is 2. The molecule has 0 atom stereocenters. The van der Waals surface area contributed by atoms with Crippen molar-refractivity contribution < 1.29 is 4.39 Å². The van der Waals surface area contributed by atoms with Gasteiger partial charge in [0.25, 0.3) is 0 Å². The number of benzene rings is 1.